The van der Waals surface area contributed by atoms with Crippen LogP contribution >= 0.6 is 0 Å². The standard InChI is InChI=1S/C20H39NO4Si.C20H37NO4Si.C15H25NO3/c2*1-18(2,3)25-17(23)21-16(22)15(14-20(21,7)8)12-11-13-24-26(9,10)19(4,5)6;1-7-8-9-11-10-15(5,6)16(12(11)17)13(18)19-14(2,3)4/h15H,11-14H2,1-10H3;12H,11,13-14H2,1-10H3;9H,7-8,10H2,1-6H3/b;15-12-;11-9+. The molecule has 0 aromatic rings. The van der Waals surface area contributed by atoms with Gasteiger partial charge in [0.1, 0.15) is 16.8 Å². The third-order valence-corrected chi connectivity index (χ3v) is 22.6. The summed E-state index contributed by atoms with van der Waals surface area (Å²) in [5, 5.41) is 0.352. The van der Waals surface area contributed by atoms with E-state index in [1.165, 1.54) is 14.7 Å². The fourth-order valence-corrected chi connectivity index (χ4v) is 9.91. The highest BCUT2D eigenvalue weighted by molar-refractivity contribution is 6.74. The van der Waals surface area contributed by atoms with Gasteiger partial charge >= 0.3 is 18.3 Å². The lowest BCUT2D eigenvalue weighted by molar-refractivity contribution is -0.133. The van der Waals surface area contributed by atoms with E-state index in [1.54, 1.807) is 41.5 Å². The molecule has 3 fully saturated rings. The van der Waals surface area contributed by atoms with E-state index in [0.29, 0.717) is 44.5 Å². The minimum Gasteiger partial charge on any atom is -0.443 e. The molecule has 0 radical (unpaired) electrons. The number of hydrogen-bond acceptors (Lipinski definition) is 11. The second-order valence-corrected chi connectivity index (χ2v) is 37.1. The van der Waals surface area contributed by atoms with Gasteiger partial charge in [-0.1, -0.05) is 67.0 Å². The molecule has 0 N–H and O–H groups in total. The first-order valence-electron chi connectivity index (χ1n) is 25.9. The number of hydrogen-bond donors (Lipinski definition) is 0. The Kier molecular flexibility index (Phi) is 22.1. The van der Waals surface area contributed by atoms with E-state index in [9.17, 15) is 28.8 Å². The number of unbranched alkanes of at least 4 members (excludes halogenated alkanes) is 1. The van der Waals surface area contributed by atoms with E-state index in [-0.39, 0.29) is 33.7 Å². The van der Waals surface area contributed by atoms with Crippen LogP contribution in [-0.2, 0) is 37.4 Å². The van der Waals surface area contributed by atoms with Gasteiger partial charge in [-0.05, 0) is 172 Å². The third-order valence-electron chi connectivity index (χ3n) is 13.5. The van der Waals surface area contributed by atoms with Crippen LogP contribution in [0.2, 0.25) is 36.3 Å². The smallest absolute Gasteiger partial charge is 0.417 e. The van der Waals surface area contributed by atoms with Gasteiger partial charge in [-0.3, -0.25) is 14.4 Å². The fraction of sp³-hybridized carbons (Fsp3) is 0.818. The van der Waals surface area contributed by atoms with Crippen LogP contribution in [0.1, 0.15) is 204 Å². The Morgan fingerprint density at radius 2 is 0.887 bits per heavy atom. The van der Waals surface area contributed by atoms with E-state index in [0.717, 1.165) is 31.3 Å². The minimum atomic E-state index is -1.78. The molecule has 0 saturated carbocycles. The molecule has 3 saturated heterocycles. The van der Waals surface area contributed by atoms with Crippen LogP contribution in [-0.4, -0.2) is 114 Å². The summed E-state index contributed by atoms with van der Waals surface area (Å²) in [6, 6.07) is 0. The average Bonchev–Trinajstić information content (AvgIpc) is 3.62. The van der Waals surface area contributed by atoms with Gasteiger partial charge in [0.25, 0.3) is 11.8 Å². The summed E-state index contributed by atoms with van der Waals surface area (Å²) >= 11 is 0. The Labute approximate surface area is 433 Å². The van der Waals surface area contributed by atoms with Crippen molar-refractivity contribution in [3.8, 4) is 0 Å². The lowest BCUT2D eigenvalue weighted by Crippen LogP contribution is -2.47. The molecule has 1 atom stereocenters. The van der Waals surface area contributed by atoms with Crippen molar-refractivity contribution in [2.24, 2.45) is 5.92 Å². The Balaban J connectivity index is 0.000000540. The Morgan fingerprint density at radius 1 is 0.549 bits per heavy atom. The highest BCUT2D eigenvalue weighted by atomic mass is 28.4. The van der Waals surface area contributed by atoms with Gasteiger partial charge in [0, 0.05) is 48.7 Å². The van der Waals surface area contributed by atoms with Crippen molar-refractivity contribution in [2.45, 2.75) is 273 Å². The van der Waals surface area contributed by atoms with Gasteiger partial charge < -0.3 is 23.1 Å². The summed E-state index contributed by atoms with van der Waals surface area (Å²) in [5.74, 6) is -0.721. The predicted octanol–water partition coefficient (Wildman–Crippen LogP) is 14.3. The van der Waals surface area contributed by atoms with Gasteiger partial charge in [0.15, 0.2) is 16.6 Å². The molecule has 3 aliphatic heterocycles. The second-order valence-electron chi connectivity index (χ2n) is 27.5. The van der Waals surface area contributed by atoms with Crippen molar-refractivity contribution in [2.75, 3.05) is 13.2 Å². The van der Waals surface area contributed by atoms with Crippen LogP contribution in [0.5, 0.6) is 0 Å². The summed E-state index contributed by atoms with van der Waals surface area (Å²) in [4.78, 5) is 78.7. The number of likely N-dealkylation sites (tertiary alicyclic amines) is 3. The summed E-state index contributed by atoms with van der Waals surface area (Å²) < 4.78 is 28.5. The number of nitrogens with zero attached hydrogens (tertiary/aromatic N) is 3. The summed E-state index contributed by atoms with van der Waals surface area (Å²) in [6.45, 7) is 53.2. The molecule has 1 unspecified atom stereocenters. The Hall–Kier alpha value is -3.35. The lowest BCUT2D eigenvalue weighted by atomic mass is 9.93. The molecule has 0 bridgehead atoms. The first kappa shape index (κ1) is 65.7. The molecule has 6 amide bonds. The summed E-state index contributed by atoms with van der Waals surface area (Å²) in [5.41, 5.74) is -2.05. The molecule has 14 nitrogen and oxygen atoms in total. The lowest BCUT2D eigenvalue weighted by Gasteiger charge is -2.36. The molecule has 0 aliphatic carbocycles. The van der Waals surface area contributed by atoms with Gasteiger partial charge in [0.05, 0.1) is 11.1 Å². The molecule has 3 heterocycles. The maximum atomic E-state index is 12.8. The quantitative estimate of drug-likeness (QED) is 0.0839. The first-order valence-corrected chi connectivity index (χ1v) is 31.7. The van der Waals surface area contributed by atoms with E-state index in [1.807, 2.05) is 74.5 Å². The number of allylic oxidation sites excluding steroid dienone is 1. The maximum absolute atomic E-state index is 12.8. The van der Waals surface area contributed by atoms with Crippen LogP contribution in [0.3, 0.4) is 0 Å². The van der Waals surface area contributed by atoms with Crippen LogP contribution < -0.4 is 0 Å². The molecule has 3 rings (SSSR count). The van der Waals surface area contributed by atoms with Gasteiger partial charge in [-0.2, -0.15) is 0 Å². The zero-order valence-corrected chi connectivity index (χ0v) is 51.6. The predicted molar refractivity (Wildman–Crippen MR) is 290 cm³/mol. The van der Waals surface area contributed by atoms with Crippen LogP contribution in [0.15, 0.2) is 23.3 Å². The zero-order valence-electron chi connectivity index (χ0n) is 49.6. The van der Waals surface area contributed by atoms with Gasteiger partial charge in [-0.25, -0.2) is 29.1 Å². The fourth-order valence-electron chi connectivity index (χ4n) is 7.76. The normalized spacial score (nSPS) is 20.7. The molecule has 0 spiro atoms. The summed E-state index contributed by atoms with van der Waals surface area (Å²) in [6.07, 6.45) is 8.09. The van der Waals surface area contributed by atoms with Crippen molar-refractivity contribution in [1.29, 1.82) is 0 Å². The molecular weight excluding hydrogens is 935 g/mol. The molecular formula is C55H101N3O11Si2. The molecule has 71 heavy (non-hydrogen) atoms. The molecule has 0 aromatic carbocycles. The number of carbonyl (C=O) groups is 6. The second kappa shape index (κ2) is 23.9. The molecule has 3 aliphatic rings. The van der Waals surface area contributed by atoms with Crippen molar-refractivity contribution < 1.29 is 51.8 Å². The van der Waals surface area contributed by atoms with E-state index in [2.05, 4.69) is 74.7 Å². The van der Waals surface area contributed by atoms with E-state index < -0.39 is 68.3 Å². The van der Waals surface area contributed by atoms with Crippen LogP contribution in [0, 0.1) is 5.92 Å². The van der Waals surface area contributed by atoms with E-state index in [4.69, 9.17) is 23.1 Å². The topological polar surface area (TPSA) is 158 Å². The SMILES string of the molecule is CC(C)(C)OC(=O)N1C(=O)/C(=C\CCO[Si](C)(C)C(C)(C)C)CC1(C)C.CC(C)(C)OC(=O)N1C(=O)C(CCCO[Si](C)(C)C(C)(C)C)CC1(C)C.CCC/C=C1\CC(C)(C)N(C(=O)OC(C)(C)C)C1=O. The van der Waals surface area contributed by atoms with E-state index >= 15 is 0 Å². The number of imide groups is 3. The zero-order chi connectivity index (χ0) is 55.9. The van der Waals surface area contributed by atoms with Crippen LogP contribution in [0.4, 0.5) is 14.4 Å². The van der Waals surface area contributed by atoms with Crippen molar-refractivity contribution in [3.05, 3.63) is 23.3 Å². The number of ether oxygens (including phenoxy) is 3. The monoisotopic (exact) mass is 1040 g/mol. The highest BCUT2D eigenvalue weighted by Gasteiger charge is 2.51. The van der Waals surface area contributed by atoms with Crippen molar-refractivity contribution in [1.82, 2.24) is 14.7 Å². The number of amides is 6. The van der Waals surface area contributed by atoms with Gasteiger partial charge in [0.2, 0.25) is 5.91 Å². The van der Waals surface area contributed by atoms with Crippen molar-refractivity contribution in [3.63, 3.8) is 0 Å². The molecule has 0 aromatic heterocycles. The average molecular weight is 1040 g/mol. The largest absolute Gasteiger partial charge is 0.443 e. The summed E-state index contributed by atoms with van der Waals surface area (Å²) in [7, 11) is -3.54. The maximum Gasteiger partial charge on any atom is 0.417 e. The first-order chi connectivity index (χ1) is 31.5. The Bertz CT molecular complexity index is 1950. The minimum absolute atomic E-state index is 0.114. The number of rotatable bonds is 11. The molecule has 16 heteroatoms. The third kappa shape index (κ3) is 19.8. The highest BCUT2D eigenvalue weighted by Crippen LogP contribution is 2.41. The van der Waals surface area contributed by atoms with Gasteiger partial charge in [-0.15, -0.1) is 0 Å². The van der Waals surface area contributed by atoms with Crippen LogP contribution in [0.25, 0.3) is 0 Å². The van der Waals surface area contributed by atoms with Crippen molar-refractivity contribution >= 4 is 52.6 Å². The Morgan fingerprint density at radius 3 is 1.23 bits per heavy atom. The molecule has 410 valence electrons. The number of carbonyl (C=O) groups excluding carboxylic acids is 6.